The van der Waals surface area contributed by atoms with Gasteiger partial charge in [0.2, 0.25) is 5.88 Å². The third kappa shape index (κ3) is 4.06. The second-order valence-corrected chi connectivity index (χ2v) is 6.41. The summed E-state index contributed by atoms with van der Waals surface area (Å²) in [5.41, 5.74) is 3.53. The summed E-state index contributed by atoms with van der Waals surface area (Å²) in [5.74, 6) is 0.919. The van der Waals surface area contributed by atoms with E-state index in [4.69, 9.17) is 9.84 Å². The number of aliphatic hydroxyl groups is 1. The van der Waals surface area contributed by atoms with E-state index >= 15 is 0 Å². The summed E-state index contributed by atoms with van der Waals surface area (Å²) in [5, 5.41) is 19.1. The van der Waals surface area contributed by atoms with Gasteiger partial charge < -0.3 is 20.5 Å². The Morgan fingerprint density at radius 1 is 1.20 bits per heavy atom. The topological polar surface area (TPSA) is 114 Å². The number of nitrogens with zero attached hydrogens (tertiary/aromatic N) is 4. The fourth-order valence-electron chi connectivity index (χ4n) is 2.96. The standard InChI is InChI=1S/C21H20N6O3/c1-30-19-6-5-16(12-23-19)25-18-7-9-27-20(26-18)17(13-24-27)14-3-2-4-15(11-14)21(29)22-8-10-28/h2-7,9,11-13,28H,8,10H2,1H3,(H,22,29)(H,25,26). The largest absolute Gasteiger partial charge is 0.481 e. The lowest BCUT2D eigenvalue weighted by Gasteiger charge is -2.08. The first-order chi connectivity index (χ1) is 14.7. The molecule has 0 atom stereocenters. The molecule has 0 spiro atoms. The number of carbonyl (C=O) groups excluding carboxylic acids is 1. The highest BCUT2D eigenvalue weighted by Crippen LogP contribution is 2.26. The van der Waals surface area contributed by atoms with Crippen molar-refractivity contribution in [2.45, 2.75) is 0 Å². The summed E-state index contributed by atoms with van der Waals surface area (Å²) < 4.78 is 6.74. The highest BCUT2D eigenvalue weighted by Gasteiger charge is 2.12. The van der Waals surface area contributed by atoms with Crippen molar-refractivity contribution >= 4 is 23.1 Å². The van der Waals surface area contributed by atoms with Gasteiger partial charge in [0.1, 0.15) is 5.82 Å². The Bertz CT molecular complexity index is 1170. The summed E-state index contributed by atoms with van der Waals surface area (Å²) in [6.07, 6.45) is 5.19. The number of amides is 1. The van der Waals surface area contributed by atoms with Crippen LogP contribution in [0, 0.1) is 0 Å². The molecule has 0 radical (unpaired) electrons. The highest BCUT2D eigenvalue weighted by atomic mass is 16.5. The minimum absolute atomic E-state index is 0.108. The van der Waals surface area contributed by atoms with Crippen LogP contribution in [0.25, 0.3) is 16.8 Å². The number of pyridine rings is 1. The quantitative estimate of drug-likeness (QED) is 0.433. The molecular formula is C21H20N6O3. The molecule has 0 bridgehead atoms. The molecule has 152 valence electrons. The van der Waals surface area contributed by atoms with Gasteiger partial charge in [0, 0.05) is 29.9 Å². The number of anilines is 2. The molecule has 1 amide bonds. The summed E-state index contributed by atoms with van der Waals surface area (Å²) in [6.45, 7) is 0.0967. The number of fused-ring (bicyclic) bond motifs is 1. The molecule has 3 aromatic heterocycles. The van der Waals surface area contributed by atoms with E-state index in [1.54, 1.807) is 48.3 Å². The van der Waals surface area contributed by atoms with Crippen molar-refractivity contribution in [3.63, 3.8) is 0 Å². The van der Waals surface area contributed by atoms with Crippen molar-refractivity contribution in [1.82, 2.24) is 24.9 Å². The van der Waals surface area contributed by atoms with Gasteiger partial charge >= 0.3 is 0 Å². The number of rotatable bonds is 7. The predicted octanol–water partition coefficient (Wildman–Crippen LogP) is 2.27. The van der Waals surface area contributed by atoms with Crippen LogP contribution in [0.3, 0.4) is 0 Å². The molecule has 3 heterocycles. The normalized spacial score (nSPS) is 10.7. The zero-order valence-electron chi connectivity index (χ0n) is 16.2. The SMILES string of the molecule is COc1ccc(Nc2ccn3ncc(-c4cccc(C(=O)NCCO)c4)c3n2)cn1. The maximum atomic E-state index is 12.2. The van der Waals surface area contributed by atoms with Crippen molar-refractivity contribution in [1.29, 1.82) is 0 Å². The molecule has 4 aromatic rings. The second-order valence-electron chi connectivity index (χ2n) is 6.41. The number of nitrogens with one attached hydrogen (secondary N) is 2. The van der Waals surface area contributed by atoms with Crippen LogP contribution in [0.5, 0.6) is 5.88 Å². The monoisotopic (exact) mass is 404 g/mol. The van der Waals surface area contributed by atoms with Crippen molar-refractivity contribution in [2.24, 2.45) is 0 Å². The maximum absolute atomic E-state index is 12.2. The predicted molar refractivity (Wildman–Crippen MR) is 112 cm³/mol. The van der Waals surface area contributed by atoms with E-state index in [0.717, 1.165) is 16.8 Å². The van der Waals surface area contributed by atoms with Crippen LogP contribution >= 0.6 is 0 Å². The van der Waals surface area contributed by atoms with Crippen molar-refractivity contribution in [3.05, 3.63) is 66.6 Å². The van der Waals surface area contributed by atoms with E-state index in [1.165, 1.54) is 0 Å². The van der Waals surface area contributed by atoms with E-state index in [9.17, 15) is 4.79 Å². The minimum Gasteiger partial charge on any atom is -0.481 e. The highest BCUT2D eigenvalue weighted by molar-refractivity contribution is 5.96. The van der Waals surface area contributed by atoms with Gasteiger partial charge in [-0.3, -0.25) is 4.79 Å². The average Bonchev–Trinajstić information content (AvgIpc) is 3.21. The smallest absolute Gasteiger partial charge is 0.251 e. The van der Waals surface area contributed by atoms with Crippen LogP contribution in [0.15, 0.2) is 61.1 Å². The lowest BCUT2D eigenvalue weighted by atomic mass is 10.1. The van der Waals surface area contributed by atoms with Crippen molar-refractivity contribution in [3.8, 4) is 17.0 Å². The number of methoxy groups -OCH3 is 1. The Morgan fingerprint density at radius 3 is 2.87 bits per heavy atom. The van der Waals surface area contributed by atoms with Crippen LogP contribution in [0.2, 0.25) is 0 Å². The number of benzene rings is 1. The van der Waals surface area contributed by atoms with Crippen molar-refractivity contribution in [2.75, 3.05) is 25.6 Å². The van der Waals surface area contributed by atoms with Gasteiger partial charge in [-0.1, -0.05) is 12.1 Å². The number of hydrogen-bond donors (Lipinski definition) is 3. The molecule has 3 N–H and O–H groups in total. The van der Waals surface area contributed by atoms with E-state index in [2.05, 4.69) is 25.7 Å². The van der Waals surface area contributed by atoms with Gasteiger partial charge in [0.15, 0.2) is 5.65 Å². The Labute approximate surface area is 172 Å². The Kier molecular flexibility index (Phi) is 5.53. The summed E-state index contributed by atoms with van der Waals surface area (Å²) in [7, 11) is 1.57. The van der Waals surface area contributed by atoms with Gasteiger partial charge in [-0.15, -0.1) is 0 Å². The van der Waals surface area contributed by atoms with E-state index in [0.29, 0.717) is 22.9 Å². The number of ether oxygens (including phenoxy) is 1. The third-order valence-corrected chi connectivity index (χ3v) is 4.42. The lowest BCUT2D eigenvalue weighted by Crippen LogP contribution is -2.26. The molecule has 0 aliphatic rings. The maximum Gasteiger partial charge on any atom is 0.251 e. The van der Waals surface area contributed by atoms with Gasteiger partial charge in [0.05, 0.1) is 31.8 Å². The van der Waals surface area contributed by atoms with Crippen LogP contribution in [-0.4, -0.2) is 50.9 Å². The summed E-state index contributed by atoms with van der Waals surface area (Å²) >= 11 is 0. The molecule has 9 heteroatoms. The first-order valence-electron chi connectivity index (χ1n) is 9.29. The average molecular weight is 404 g/mol. The molecule has 30 heavy (non-hydrogen) atoms. The Hall–Kier alpha value is -3.98. The van der Waals surface area contributed by atoms with Crippen LogP contribution in [0.1, 0.15) is 10.4 Å². The molecule has 0 fully saturated rings. The van der Waals surface area contributed by atoms with Crippen molar-refractivity contribution < 1.29 is 14.6 Å². The molecule has 0 saturated carbocycles. The Balaban J connectivity index is 1.63. The van der Waals surface area contributed by atoms with Crippen LogP contribution in [-0.2, 0) is 0 Å². The fourth-order valence-corrected chi connectivity index (χ4v) is 2.96. The van der Waals surface area contributed by atoms with Gasteiger partial charge in [0.25, 0.3) is 5.91 Å². The zero-order chi connectivity index (χ0) is 20.9. The lowest BCUT2D eigenvalue weighted by molar-refractivity contribution is 0.0945. The molecule has 4 rings (SSSR count). The van der Waals surface area contributed by atoms with E-state index < -0.39 is 0 Å². The molecule has 0 saturated heterocycles. The second kappa shape index (κ2) is 8.58. The third-order valence-electron chi connectivity index (χ3n) is 4.42. The Morgan fingerprint density at radius 2 is 2.10 bits per heavy atom. The number of aromatic nitrogens is 4. The number of carbonyl (C=O) groups is 1. The molecular weight excluding hydrogens is 384 g/mol. The van der Waals surface area contributed by atoms with Gasteiger partial charge in [-0.05, 0) is 29.8 Å². The zero-order valence-corrected chi connectivity index (χ0v) is 16.2. The molecule has 9 nitrogen and oxygen atoms in total. The number of hydrogen-bond acceptors (Lipinski definition) is 7. The summed E-state index contributed by atoms with van der Waals surface area (Å²) in [4.78, 5) is 21.1. The minimum atomic E-state index is -0.246. The van der Waals surface area contributed by atoms with Crippen LogP contribution in [0.4, 0.5) is 11.5 Å². The van der Waals surface area contributed by atoms with E-state index in [-0.39, 0.29) is 19.1 Å². The van der Waals surface area contributed by atoms with Gasteiger partial charge in [-0.2, -0.15) is 5.10 Å². The number of aliphatic hydroxyl groups excluding tert-OH is 1. The fraction of sp³-hybridized carbons (Fsp3) is 0.143. The van der Waals surface area contributed by atoms with E-state index in [1.807, 2.05) is 24.4 Å². The summed E-state index contributed by atoms with van der Waals surface area (Å²) in [6, 6.07) is 12.6. The molecule has 0 aliphatic carbocycles. The first kappa shape index (κ1) is 19.3. The molecule has 1 aromatic carbocycles. The van der Waals surface area contributed by atoms with Crippen LogP contribution < -0.4 is 15.4 Å². The van der Waals surface area contributed by atoms with Gasteiger partial charge in [-0.25, -0.2) is 14.5 Å². The first-order valence-corrected chi connectivity index (χ1v) is 9.29. The molecule has 0 aliphatic heterocycles. The molecule has 0 unspecified atom stereocenters.